The smallest absolute Gasteiger partial charge is 0.478 e. The predicted octanol–water partition coefficient (Wildman–Crippen LogP) is -0.155. The molecule has 0 aromatic heterocycles. The van der Waals surface area contributed by atoms with E-state index in [4.69, 9.17) is 15.5 Å². The number of carbonyl (C=O) groups excluding carboxylic acids is 1. The highest BCUT2D eigenvalue weighted by atomic mass is 16.5. The van der Waals surface area contributed by atoms with Crippen molar-refractivity contribution < 1.29 is 24.4 Å². The van der Waals surface area contributed by atoms with Gasteiger partial charge in [0.2, 0.25) is 5.91 Å². The second kappa shape index (κ2) is 7.39. The first kappa shape index (κ1) is 16.5. The number of carbonyl (C=O) groups is 2. The average molecular weight is 306 g/mol. The molecule has 3 atom stereocenters. The largest absolute Gasteiger partial charge is 0.481 e. The van der Waals surface area contributed by atoms with Crippen molar-refractivity contribution in [1.82, 2.24) is 5.32 Å². The van der Waals surface area contributed by atoms with Gasteiger partial charge in [-0.25, -0.2) is 0 Å². The van der Waals surface area contributed by atoms with Crippen molar-refractivity contribution in [2.45, 2.75) is 37.3 Å². The van der Waals surface area contributed by atoms with Crippen LogP contribution >= 0.6 is 0 Å². The molecule has 7 nitrogen and oxygen atoms in total. The topological polar surface area (TPSA) is 122 Å². The predicted molar refractivity (Wildman–Crippen MR) is 79.6 cm³/mol. The molecule has 0 aliphatic carbocycles. The van der Waals surface area contributed by atoms with Crippen molar-refractivity contribution in [1.29, 1.82) is 0 Å². The van der Waals surface area contributed by atoms with E-state index in [1.807, 2.05) is 6.07 Å². The number of nitrogens with one attached hydrogen (secondary N) is 1. The molecule has 0 bridgehead atoms. The van der Waals surface area contributed by atoms with Crippen LogP contribution in [0.1, 0.15) is 30.9 Å². The highest BCUT2D eigenvalue weighted by molar-refractivity contribution is 6.45. The second-order valence-electron chi connectivity index (χ2n) is 5.33. The van der Waals surface area contributed by atoms with E-state index in [0.29, 0.717) is 18.4 Å². The van der Waals surface area contributed by atoms with E-state index in [-0.39, 0.29) is 6.42 Å². The summed E-state index contributed by atoms with van der Waals surface area (Å²) in [6.45, 7) is 0. The zero-order valence-corrected chi connectivity index (χ0v) is 12.0. The quantitative estimate of drug-likeness (QED) is 0.561. The Morgan fingerprint density at radius 2 is 2.05 bits per heavy atom. The van der Waals surface area contributed by atoms with E-state index < -0.39 is 37.1 Å². The first-order valence-corrected chi connectivity index (χ1v) is 7.13. The molecule has 1 aromatic carbocycles. The van der Waals surface area contributed by atoms with Gasteiger partial charge in [0.1, 0.15) is 6.04 Å². The van der Waals surface area contributed by atoms with Gasteiger partial charge in [0.15, 0.2) is 0 Å². The monoisotopic (exact) mass is 306 g/mol. The van der Waals surface area contributed by atoms with Gasteiger partial charge in [-0.05, 0) is 18.4 Å². The molecule has 1 heterocycles. The van der Waals surface area contributed by atoms with E-state index in [2.05, 4.69) is 5.32 Å². The fraction of sp³-hybridized carbons (Fsp3) is 0.429. The molecule has 8 heteroatoms. The van der Waals surface area contributed by atoms with Crippen LogP contribution in [0.25, 0.3) is 0 Å². The highest BCUT2D eigenvalue weighted by Crippen LogP contribution is 2.19. The first-order valence-electron chi connectivity index (χ1n) is 7.13. The summed E-state index contributed by atoms with van der Waals surface area (Å²) in [6.07, 6.45) is 0.186. The Labute approximate surface area is 128 Å². The maximum atomic E-state index is 12.1. The Morgan fingerprint density at radius 3 is 2.64 bits per heavy atom. The van der Waals surface area contributed by atoms with Crippen LogP contribution in [-0.2, 0) is 14.2 Å². The molecule has 1 unspecified atom stereocenters. The summed E-state index contributed by atoms with van der Waals surface area (Å²) in [5.74, 6) is -1.98. The van der Waals surface area contributed by atoms with Gasteiger partial charge in [-0.3, -0.25) is 9.59 Å². The van der Waals surface area contributed by atoms with Gasteiger partial charge in [-0.1, -0.05) is 30.3 Å². The maximum Gasteiger partial charge on any atom is 0.478 e. The van der Waals surface area contributed by atoms with Crippen LogP contribution in [0, 0.1) is 0 Å². The number of nitrogens with two attached hydrogens (primary N) is 1. The van der Waals surface area contributed by atoms with Gasteiger partial charge >= 0.3 is 13.1 Å². The first-order chi connectivity index (χ1) is 10.5. The second-order valence-corrected chi connectivity index (χ2v) is 5.33. The number of carboxylic acid groups (broad SMARTS) is 1. The van der Waals surface area contributed by atoms with Crippen molar-refractivity contribution in [3.63, 3.8) is 0 Å². The van der Waals surface area contributed by atoms with Crippen LogP contribution in [0.2, 0.25) is 0 Å². The Hall–Kier alpha value is -1.90. The van der Waals surface area contributed by atoms with Crippen molar-refractivity contribution in [3.05, 3.63) is 35.9 Å². The third-order valence-electron chi connectivity index (χ3n) is 3.65. The number of hydrogen-bond acceptors (Lipinski definition) is 5. The zero-order valence-electron chi connectivity index (χ0n) is 12.0. The molecule has 118 valence electrons. The molecular formula is C14H19BN2O5. The summed E-state index contributed by atoms with van der Waals surface area (Å²) < 4.78 is 5.22. The molecule has 1 aliphatic rings. The van der Waals surface area contributed by atoms with Gasteiger partial charge in [-0.2, -0.15) is 0 Å². The molecule has 0 saturated carbocycles. The number of hydrogen-bond donors (Lipinski definition) is 4. The summed E-state index contributed by atoms with van der Waals surface area (Å²) >= 11 is 0. The molecule has 0 spiro atoms. The minimum absolute atomic E-state index is 0.165. The molecule has 1 aliphatic heterocycles. The Balaban J connectivity index is 1.88. The summed E-state index contributed by atoms with van der Waals surface area (Å²) in [4.78, 5) is 22.8. The van der Waals surface area contributed by atoms with Crippen molar-refractivity contribution in [2.24, 2.45) is 5.73 Å². The fourth-order valence-corrected chi connectivity index (χ4v) is 2.44. The number of amides is 1. The fourth-order valence-electron chi connectivity index (χ4n) is 2.44. The molecule has 1 saturated heterocycles. The number of carboxylic acids is 1. The molecule has 2 rings (SSSR count). The standard InChI is InChI=1S/C14H19BN2O5/c16-13(9-4-2-1-3-5-9)14(20)17-11-7-6-10(8-12(18)19)22-15(11)21/h1-5,10-11,13,21H,6-8,16H2,(H,17,20)(H,18,19)/t10-,11-,13?/m0/s1. The van der Waals surface area contributed by atoms with E-state index in [1.54, 1.807) is 24.3 Å². The van der Waals surface area contributed by atoms with Gasteiger partial charge in [0, 0.05) is 0 Å². The molecule has 1 aromatic rings. The van der Waals surface area contributed by atoms with E-state index in [0.717, 1.165) is 0 Å². The van der Waals surface area contributed by atoms with Crippen LogP contribution in [0.4, 0.5) is 0 Å². The van der Waals surface area contributed by atoms with Gasteiger partial charge in [0.25, 0.3) is 0 Å². The lowest BCUT2D eigenvalue weighted by atomic mass is 9.72. The lowest BCUT2D eigenvalue weighted by Crippen LogP contribution is -2.54. The summed E-state index contributed by atoms with van der Waals surface area (Å²) in [6, 6.07) is 8.08. The van der Waals surface area contributed by atoms with Gasteiger partial charge < -0.3 is 25.8 Å². The van der Waals surface area contributed by atoms with Crippen LogP contribution in [0.15, 0.2) is 30.3 Å². The Morgan fingerprint density at radius 1 is 1.36 bits per heavy atom. The minimum Gasteiger partial charge on any atom is -0.481 e. The maximum absolute atomic E-state index is 12.1. The third-order valence-corrected chi connectivity index (χ3v) is 3.65. The summed E-state index contributed by atoms with van der Waals surface area (Å²) in [5, 5.41) is 21.3. The van der Waals surface area contributed by atoms with Crippen LogP contribution in [0.5, 0.6) is 0 Å². The number of rotatable bonds is 5. The Kier molecular flexibility index (Phi) is 5.54. The molecule has 1 fully saturated rings. The van der Waals surface area contributed by atoms with Gasteiger partial charge in [-0.15, -0.1) is 0 Å². The molecule has 1 amide bonds. The highest BCUT2D eigenvalue weighted by Gasteiger charge is 2.37. The van der Waals surface area contributed by atoms with Crippen LogP contribution in [-0.4, -0.2) is 41.2 Å². The minimum atomic E-state index is -1.23. The van der Waals surface area contributed by atoms with Crippen molar-refractivity contribution in [3.8, 4) is 0 Å². The normalized spacial score (nSPS) is 22.9. The molecule has 5 N–H and O–H groups in total. The molecule has 0 radical (unpaired) electrons. The molecule has 22 heavy (non-hydrogen) atoms. The number of benzene rings is 1. The lowest BCUT2D eigenvalue weighted by Gasteiger charge is -2.31. The Bertz CT molecular complexity index is 527. The van der Waals surface area contributed by atoms with Crippen LogP contribution < -0.4 is 11.1 Å². The lowest BCUT2D eigenvalue weighted by molar-refractivity contribution is -0.139. The van der Waals surface area contributed by atoms with Crippen molar-refractivity contribution >= 4 is 19.0 Å². The zero-order chi connectivity index (χ0) is 16.1. The summed E-state index contributed by atoms with van der Waals surface area (Å²) in [5.41, 5.74) is 6.56. The average Bonchev–Trinajstić information content (AvgIpc) is 2.49. The van der Waals surface area contributed by atoms with E-state index in [9.17, 15) is 14.6 Å². The summed E-state index contributed by atoms with van der Waals surface area (Å²) in [7, 11) is -1.23. The SMILES string of the molecule is NC(C(=O)N[C@H]1CC[C@@H](CC(=O)O)OB1O)c1ccccc1. The number of aliphatic carboxylic acids is 1. The van der Waals surface area contributed by atoms with E-state index in [1.165, 1.54) is 0 Å². The third kappa shape index (κ3) is 4.30. The van der Waals surface area contributed by atoms with Gasteiger partial charge in [0.05, 0.1) is 18.5 Å². The van der Waals surface area contributed by atoms with Crippen LogP contribution in [0.3, 0.4) is 0 Å². The van der Waals surface area contributed by atoms with Crippen molar-refractivity contribution in [2.75, 3.05) is 0 Å². The van der Waals surface area contributed by atoms with E-state index >= 15 is 0 Å². The molecular weight excluding hydrogens is 287 g/mol.